The van der Waals surface area contributed by atoms with E-state index in [0.29, 0.717) is 0 Å². The minimum absolute atomic E-state index is 0.150. The van der Waals surface area contributed by atoms with Crippen LogP contribution in [0.5, 0.6) is 0 Å². The van der Waals surface area contributed by atoms with Crippen molar-refractivity contribution in [3.8, 4) is 0 Å². The third-order valence-electron chi connectivity index (χ3n) is 3.43. The molecular formula is C16H21N. The molecule has 2 aromatic carbocycles. The van der Waals surface area contributed by atoms with Gasteiger partial charge in [0.15, 0.2) is 0 Å². The lowest BCUT2D eigenvalue weighted by Gasteiger charge is -2.27. The maximum Gasteiger partial charge on any atom is 0.0128 e. The van der Waals surface area contributed by atoms with E-state index in [1.165, 1.54) is 16.3 Å². The van der Waals surface area contributed by atoms with Crippen molar-refractivity contribution in [1.29, 1.82) is 0 Å². The minimum Gasteiger partial charge on any atom is -0.327 e. The van der Waals surface area contributed by atoms with Gasteiger partial charge >= 0.3 is 0 Å². The molecule has 0 radical (unpaired) electrons. The van der Waals surface area contributed by atoms with E-state index in [1.807, 2.05) is 0 Å². The zero-order chi connectivity index (χ0) is 12.5. The molecule has 90 valence electrons. The second-order valence-corrected chi connectivity index (χ2v) is 5.81. The summed E-state index contributed by atoms with van der Waals surface area (Å²) in [5.74, 6) is 0. The highest BCUT2D eigenvalue weighted by Gasteiger charge is 2.21. The van der Waals surface area contributed by atoms with Crippen LogP contribution in [0.15, 0.2) is 42.5 Å². The zero-order valence-corrected chi connectivity index (χ0v) is 10.9. The lowest BCUT2D eigenvalue weighted by Crippen LogP contribution is -2.36. The van der Waals surface area contributed by atoms with Crippen molar-refractivity contribution >= 4 is 10.8 Å². The summed E-state index contributed by atoms with van der Waals surface area (Å²) < 4.78 is 0. The normalized spacial score (nSPS) is 13.9. The molecule has 1 nitrogen and oxygen atoms in total. The molecule has 0 aliphatic heterocycles. The van der Waals surface area contributed by atoms with Crippen molar-refractivity contribution in [3.63, 3.8) is 0 Å². The molecule has 0 saturated carbocycles. The van der Waals surface area contributed by atoms with Crippen LogP contribution in [-0.2, 0) is 6.42 Å². The molecule has 0 heterocycles. The molecule has 0 saturated heterocycles. The summed E-state index contributed by atoms with van der Waals surface area (Å²) in [5, 5.41) is 2.63. The summed E-state index contributed by atoms with van der Waals surface area (Å²) in [6, 6.07) is 15.2. The highest BCUT2D eigenvalue weighted by Crippen LogP contribution is 2.25. The van der Waals surface area contributed by atoms with E-state index in [-0.39, 0.29) is 11.5 Å². The molecule has 0 amide bonds. The van der Waals surface area contributed by atoms with Crippen LogP contribution in [0.2, 0.25) is 0 Å². The molecule has 17 heavy (non-hydrogen) atoms. The lowest BCUT2D eigenvalue weighted by molar-refractivity contribution is 0.319. The third kappa shape index (κ3) is 2.67. The Balaban J connectivity index is 2.36. The number of hydrogen-bond donors (Lipinski definition) is 1. The number of nitrogens with two attached hydrogens (primary N) is 1. The fourth-order valence-corrected chi connectivity index (χ4v) is 2.01. The molecule has 2 aromatic rings. The standard InChI is InChI=1S/C16H21N/c1-16(2,3)15(17)11-13-9-6-8-12-7-4-5-10-14(12)13/h4-10,15H,11,17H2,1-3H3. The van der Waals surface area contributed by atoms with Crippen molar-refractivity contribution in [2.75, 3.05) is 0 Å². The quantitative estimate of drug-likeness (QED) is 0.830. The number of benzene rings is 2. The summed E-state index contributed by atoms with van der Waals surface area (Å²) >= 11 is 0. The Morgan fingerprint density at radius 2 is 1.65 bits per heavy atom. The van der Waals surface area contributed by atoms with Gasteiger partial charge in [-0.05, 0) is 28.2 Å². The van der Waals surface area contributed by atoms with Crippen LogP contribution in [0.3, 0.4) is 0 Å². The van der Waals surface area contributed by atoms with Gasteiger partial charge in [-0.1, -0.05) is 63.2 Å². The van der Waals surface area contributed by atoms with Gasteiger partial charge in [0, 0.05) is 6.04 Å². The Morgan fingerprint density at radius 3 is 2.35 bits per heavy atom. The Morgan fingerprint density at radius 1 is 1.00 bits per heavy atom. The van der Waals surface area contributed by atoms with Crippen LogP contribution in [0.1, 0.15) is 26.3 Å². The first-order valence-electron chi connectivity index (χ1n) is 6.21. The van der Waals surface area contributed by atoms with Crippen molar-refractivity contribution in [2.24, 2.45) is 11.1 Å². The minimum atomic E-state index is 0.150. The van der Waals surface area contributed by atoms with E-state index < -0.39 is 0 Å². The van der Waals surface area contributed by atoms with E-state index >= 15 is 0 Å². The van der Waals surface area contributed by atoms with Gasteiger partial charge in [0.05, 0.1) is 0 Å². The van der Waals surface area contributed by atoms with Gasteiger partial charge in [-0.3, -0.25) is 0 Å². The molecular weight excluding hydrogens is 206 g/mol. The molecule has 1 atom stereocenters. The monoisotopic (exact) mass is 227 g/mol. The summed E-state index contributed by atoms with van der Waals surface area (Å²) in [5.41, 5.74) is 7.78. The van der Waals surface area contributed by atoms with Crippen molar-refractivity contribution in [1.82, 2.24) is 0 Å². The average Bonchev–Trinajstić information content (AvgIpc) is 2.28. The molecule has 0 aliphatic rings. The smallest absolute Gasteiger partial charge is 0.0128 e. The van der Waals surface area contributed by atoms with E-state index in [1.54, 1.807) is 0 Å². The van der Waals surface area contributed by atoms with Gasteiger partial charge in [0.1, 0.15) is 0 Å². The van der Waals surface area contributed by atoms with E-state index in [2.05, 4.69) is 63.2 Å². The van der Waals surface area contributed by atoms with Crippen molar-refractivity contribution < 1.29 is 0 Å². The van der Waals surface area contributed by atoms with E-state index in [9.17, 15) is 0 Å². The van der Waals surface area contributed by atoms with Gasteiger partial charge in [0.2, 0.25) is 0 Å². The summed E-state index contributed by atoms with van der Waals surface area (Å²) in [7, 11) is 0. The Kier molecular flexibility index (Phi) is 3.21. The molecule has 1 unspecified atom stereocenters. The molecule has 0 spiro atoms. The van der Waals surface area contributed by atoms with Crippen LogP contribution < -0.4 is 5.73 Å². The first-order valence-corrected chi connectivity index (χ1v) is 6.21. The molecule has 0 aliphatic carbocycles. The summed E-state index contributed by atoms with van der Waals surface area (Å²) in [6.45, 7) is 6.59. The van der Waals surface area contributed by atoms with Gasteiger partial charge in [-0.15, -0.1) is 0 Å². The van der Waals surface area contributed by atoms with E-state index in [0.717, 1.165) is 6.42 Å². The van der Waals surface area contributed by atoms with Crippen LogP contribution in [0.4, 0.5) is 0 Å². The van der Waals surface area contributed by atoms with Crippen molar-refractivity contribution in [3.05, 3.63) is 48.0 Å². The second-order valence-electron chi connectivity index (χ2n) is 5.81. The third-order valence-corrected chi connectivity index (χ3v) is 3.43. The Labute approximate surface area is 104 Å². The number of fused-ring (bicyclic) bond motifs is 1. The second kappa shape index (κ2) is 4.50. The summed E-state index contributed by atoms with van der Waals surface area (Å²) in [4.78, 5) is 0. The SMILES string of the molecule is CC(C)(C)C(N)Cc1cccc2ccccc12. The largest absolute Gasteiger partial charge is 0.327 e. The van der Waals surface area contributed by atoms with Crippen LogP contribution >= 0.6 is 0 Å². The van der Waals surface area contributed by atoms with Gasteiger partial charge < -0.3 is 5.73 Å². The number of rotatable bonds is 2. The highest BCUT2D eigenvalue weighted by molar-refractivity contribution is 5.85. The van der Waals surface area contributed by atoms with Crippen LogP contribution in [0.25, 0.3) is 10.8 Å². The first kappa shape index (κ1) is 12.1. The first-order chi connectivity index (χ1) is 7.98. The fraction of sp³-hybridized carbons (Fsp3) is 0.375. The highest BCUT2D eigenvalue weighted by atomic mass is 14.7. The molecule has 1 heteroatoms. The molecule has 2 N–H and O–H groups in total. The average molecular weight is 227 g/mol. The molecule has 0 bridgehead atoms. The zero-order valence-electron chi connectivity index (χ0n) is 10.9. The van der Waals surface area contributed by atoms with Gasteiger partial charge in [-0.25, -0.2) is 0 Å². The van der Waals surface area contributed by atoms with Crippen LogP contribution in [-0.4, -0.2) is 6.04 Å². The molecule has 2 rings (SSSR count). The van der Waals surface area contributed by atoms with Crippen molar-refractivity contribution in [2.45, 2.75) is 33.2 Å². The van der Waals surface area contributed by atoms with Gasteiger partial charge in [-0.2, -0.15) is 0 Å². The lowest BCUT2D eigenvalue weighted by atomic mass is 9.83. The topological polar surface area (TPSA) is 26.0 Å². The number of hydrogen-bond acceptors (Lipinski definition) is 1. The van der Waals surface area contributed by atoms with Gasteiger partial charge in [0.25, 0.3) is 0 Å². The van der Waals surface area contributed by atoms with Crippen LogP contribution in [0, 0.1) is 5.41 Å². The fourth-order valence-electron chi connectivity index (χ4n) is 2.01. The summed E-state index contributed by atoms with van der Waals surface area (Å²) in [6.07, 6.45) is 0.935. The molecule has 0 aromatic heterocycles. The predicted octanol–water partition coefficient (Wildman–Crippen LogP) is 3.76. The van der Waals surface area contributed by atoms with E-state index in [4.69, 9.17) is 5.73 Å². The Bertz CT molecular complexity index is 503. The molecule has 0 fully saturated rings. The maximum atomic E-state index is 6.27. The maximum absolute atomic E-state index is 6.27. The Hall–Kier alpha value is -1.34. The predicted molar refractivity (Wildman–Crippen MR) is 75.1 cm³/mol.